The normalized spacial score (nSPS) is 10.6. The highest BCUT2D eigenvalue weighted by Crippen LogP contribution is 2.24. The molecule has 0 bridgehead atoms. The highest BCUT2D eigenvalue weighted by Gasteiger charge is 2.12. The van der Waals surface area contributed by atoms with Crippen molar-refractivity contribution in [2.45, 2.75) is 13.3 Å². The predicted molar refractivity (Wildman–Crippen MR) is 68.4 cm³/mol. The minimum Gasteiger partial charge on any atom is -0.462 e. The maximum absolute atomic E-state index is 12.6. The van der Waals surface area contributed by atoms with Crippen LogP contribution in [-0.2, 0) is 4.74 Å². The molecule has 2 aromatic heterocycles. The Hall–Kier alpha value is -2.37. The summed E-state index contributed by atoms with van der Waals surface area (Å²) in [7, 11) is 0. The number of alkyl halides is 2. The number of hydrogen-bond acceptors (Lipinski definition) is 4. The van der Waals surface area contributed by atoms with E-state index in [2.05, 4.69) is 9.97 Å². The van der Waals surface area contributed by atoms with E-state index in [0.717, 1.165) is 0 Å². The third kappa shape index (κ3) is 3.14. The van der Waals surface area contributed by atoms with Gasteiger partial charge >= 0.3 is 5.97 Å². The number of esters is 1. The summed E-state index contributed by atoms with van der Waals surface area (Å²) in [6.07, 6.45) is 1.52. The standard InChI is InChI=1S/C14H12F2N2O2/c1-2-20-14(19)11-5-10(7-17-8-11)9-3-4-18-12(6-9)13(15)16/h3-8,13H,2H2,1H3. The Balaban J connectivity index is 2.36. The molecule has 0 spiro atoms. The first-order valence-electron chi connectivity index (χ1n) is 5.98. The van der Waals surface area contributed by atoms with E-state index in [1.165, 1.54) is 24.7 Å². The summed E-state index contributed by atoms with van der Waals surface area (Å²) in [6.45, 7) is 1.96. The van der Waals surface area contributed by atoms with E-state index in [4.69, 9.17) is 4.74 Å². The molecule has 0 N–H and O–H groups in total. The first-order chi connectivity index (χ1) is 9.61. The zero-order valence-corrected chi connectivity index (χ0v) is 10.7. The van der Waals surface area contributed by atoms with Crippen molar-refractivity contribution >= 4 is 5.97 Å². The maximum Gasteiger partial charge on any atom is 0.339 e. The molecule has 0 amide bonds. The highest BCUT2D eigenvalue weighted by molar-refractivity contribution is 5.90. The van der Waals surface area contributed by atoms with Crippen molar-refractivity contribution in [3.8, 4) is 11.1 Å². The molecular weight excluding hydrogens is 266 g/mol. The summed E-state index contributed by atoms with van der Waals surface area (Å²) in [5.74, 6) is -0.495. The van der Waals surface area contributed by atoms with Gasteiger partial charge in [0.15, 0.2) is 0 Å². The molecule has 0 saturated heterocycles. The number of aromatic nitrogens is 2. The van der Waals surface area contributed by atoms with Gasteiger partial charge in [0.05, 0.1) is 12.2 Å². The summed E-state index contributed by atoms with van der Waals surface area (Å²) >= 11 is 0. The summed E-state index contributed by atoms with van der Waals surface area (Å²) < 4.78 is 30.1. The molecule has 4 nitrogen and oxygen atoms in total. The number of ether oxygens (including phenoxy) is 1. The van der Waals surface area contributed by atoms with Crippen molar-refractivity contribution in [2.75, 3.05) is 6.61 Å². The number of rotatable bonds is 4. The lowest BCUT2D eigenvalue weighted by atomic mass is 10.1. The number of nitrogens with zero attached hydrogens (tertiary/aromatic N) is 2. The van der Waals surface area contributed by atoms with Crippen molar-refractivity contribution in [3.05, 3.63) is 48.0 Å². The molecule has 2 aromatic rings. The van der Waals surface area contributed by atoms with Crippen LogP contribution in [0.5, 0.6) is 0 Å². The van der Waals surface area contributed by atoms with Gasteiger partial charge in [0.1, 0.15) is 5.69 Å². The molecule has 0 aliphatic carbocycles. The van der Waals surface area contributed by atoms with Gasteiger partial charge in [-0.1, -0.05) is 0 Å². The molecule has 2 heterocycles. The fourth-order valence-corrected chi connectivity index (χ4v) is 1.67. The first-order valence-corrected chi connectivity index (χ1v) is 5.98. The second-order valence-corrected chi connectivity index (χ2v) is 3.95. The minimum absolute atomic E-state index is 0.258. The summed E-state index contributed by atoms with van der Waals surface area (Å²) in [6, 6.07) is 4.41. The van der Waals surface area contributed by atoms with Crippen LogP contribution < -0.4 is 0 Å². The molecule has 0 fully saturated rings. The van der Waals surface area contributed by atoms with Crippen LogP contribution >= 0.6 is 0 Å². The van der Waals surface area contributed by atoms with E-state index in [9.17, 15) is 13.6 Å². The fourth-order valence-electron chi connectivity index (χ4n) is 1.67. The summed E-state index contributed by atoms with van der Waals surface area (Å²) in [4.78, 5) is 19.1. The number of carbonyl (C=O) groups is 1. The lowest BCUT2D eigenvalue weighted by molar-refractivity contribution is 0.0526. The molecule has 6 heteroatoms. The zero-order chi connectivity index (χ0) is 14.5. The van der Waals surface area contributed by atoms with E-state index in [1.54, 1.807) is 19.1 Å². The average Bonchev–Trinajstić information content (AvgIpc) is 2.48. The fraction of sp³-hybridized carbons (Fsp3) is 0.214. The Morgan fingerprint density at radius 3 is 2.80 bits per heavy atom. The molecule has 0 aliphatic heterocycles. The van der Waals surface area contributed by atoms with Crippen LogP contribution in [0.15, 0.2) is 36.8 Å². The van der Waals surface area contributed by atoms with Gasteiger partial charge in [0, 0.05) is 24.2 Å². The van der Waals surface area contributed by atoms with Crippen molar-refractivity contribution in [1.82, 2.24) is 9.97 Å². The van der Waals surface area contributed by atoms with E-state index in [1.807, 2.05) is 0 Å². The smallest absolute Gasteiger partial charge is 0.339 e. The van der Waals surface area contributed by atoms with Crippen molar-refractivity contribution in [3.63, 3.8) is 0 Å². The lowest BCUT2D eigenvalue weighted by Gasteiger charge is -2.06. The van der Waals surface area contributed by atoms with E-state index < -0.39 is 12.4 Å². The monoisotopic (exact) mass is 278 g/mol. The van der Waals surface area contributed by atoms with Gasteiger partial charge in [0.2, 0.25) is 0 Å². The second-order valence-electron chi connectivity index (χ2n) is 3.95. The van der Waals surface area contributed by atoms with Crippen LogP contribution in [0.4, 0.5) is 8.78 Å². The number of carbonyl (C=O) groups excluding carboxylic acids is 1. The SMILES string of the molecule is CCOC(=O)c1cncc(-c2ccnc(C(F)F)c2)c1. The largest absolute Gasteiger partial charge is 0.462 e. The molecule has 20 heavy (non-hydrogen) atoms. The Kier molecular flexibility index (Phi) is 4.34. The van der Waals surface area contributed by atoms with Crippen molar-refractivity contribution < 1.29 is 18.3 Å². The molecule has 0 saturated carbocycles. The van der Waals surface area contributed by atoms with Gasteiger partial charge in [-0.2, -0.15) is 0 Å². The summed E-state index contributed by atoms with van der Waals surface area (Å²) in [5, 5.41) is 0. The van der Waals surface area contributed by atoms with E-state index in [-0.39, 0.29) is 17.9 Å². The van der Waals surface area contributed by atoms with Gasteiger partial charge in [-0.15, -0.1) is 0 Å². The van der Waals surface area contributed by atoms with Crippen molar-refractivity contribution in [2.24, 2.45) is 0 Å². The third-order valence-electron chi connectivity index (χ3n) is 2.59. The van der Waals surface area contributed by atoms with Crippen LogP contribution in [0, 0.1) is 0 Å². The van der Waals surface area contributed by atoms with Gasteiger partial charge in [-0.3, -0.25) is 9.97 Å². The number of pyridine rings is 2. The molecular formula is C14H12F2N2O2. The molecule has 2 rings (SSSR count). The summed E-state index contributed by atoms with van der Waals surface area (Å²) in [5.41, 5.74) is 1.04. The van der Waals surface area contributed by atoms with Crippen LogP contribution in [0.1, 0.15) is 29.4 Å². The second kappa shape index (κ2) is 6.18. The van der Waals surface area contributed by atoms with Crippen LogP contribution in [-0.4, -0.2) is 22.5 Å². The Morgan fingerprint density at radius 1 is 1.30 bits per heavy atom. The quantitative estimate of drug-likeness (QED) is 0.805. The number of hydrogen-bond donors (Lipinski definition) is 0. The van der Waals surface area contributed by atoms with Crippen LogP contribution in [0.2, 0.25) is 0 Å². The van der Waals surface area contributed by atoms with E-state index >= 15 is 0 Å². The van der Waals surface area contributed by atoms with Gasteiger partial charge < -0.3 is 4.74 Å². The molecule has 104 valence electrons. The molecule has 0 atom stereocenters. The number of halogens is 2. The zero-order valence-electron chi connectivity index (χ0n) is 10.7. The molecule has 0 aromatic carbocycles. The minimum atomic E-state index is -2.64. The van der Waals surface area contributed by atoms with Gasteiger partial charge in [0.25, 0.3) is 6.43 Å². The van der Waals surface area contributed by atoms with Crippen LogP contribution in [0.25, 0.3) is 11.1 Å². The Morgan fingerprint density at radius 2 is 2.10 bits per heavy atom. The third-order valence-corrected chi connectivity index (χ3v) is 2.59. The predicted octanol–water partition coefficient (Wildman–Crippen LogP) is 3.26. The van der Waals surface area contributed by atoms with Crippen molar-refractivity contribution in [1.29, 1.82) is 0 Å². The Labute approximate surface area is 114 Å². The maximum atomic E-state index is 12.6. The molecule has 0 aliphatic rings. The van der Waals surface area contributed by atoms with Gasteiger partial charge in [-0.05, 0) is 30.7 Å². The first kappa shape index (κ1) is 14.0. The average molecular weight is 278 g/mol. The van der Waals surface area contributed by atoms with E-state index in [0.29, 0.717) is 11.1 Å². The molecule has 0 radical (unpaired) electrons. The molecule has 0 unspecified atom stereocenters. The topological polar surface area (TPSA) is 52.1 Å². The highest BCUT2D eigenvalue weighted by atomic mass is 19.3. The lowest BCUT2D eigenvalue weighted by Crippen LogP contribution is -2.05. The van der Waals surface area contributed by atoms with Crippen LogP contribution in [0.3, 0.4) is 0 Å². The Bertz CT molecular complexity index is 618. The van der Waals surface area contributed by atoms with Gasteiger partial charge in [-0.25, -0.2) is 13.6 Å².